The molecule has 2 N–H and O–H groups in total. The molecule has 2 nitrogen and oxygen atoms in total. The van der Waals surface area contributed by atoms with Gasteiger partial charge in [-0.15, -0.1) is 0 Å². The van der Waals surface area contributed by atoms with Crippen LogP contribution in [0.2, 0.25) is 0 Å². The average Bonchev–Trinajstić information content (AvgIpc) is 2.34. The molecule has 0 bridgehead atoms. The second kappa shape index (κ2) is 9.00. The summed E-state index contributed by atoms with van der Waals surface area (Å²) in [4.78, 5) is 0. The first-order valence-corrected chi connectivity index (χ1v) is 7.33. The zero-order valence-electron chi connectivity index (χ0n) is 11.2. The van der Waals surface area contributed by atoms with E-state index in [2.05, 4.69) is 24.5 Å². The van der Waals surface area contributed by atoms with Gasteiger partial charge in [0.05, 0.1) is 0 Å². The predicted octanol–water partition coefficient (Wildman–Crippen LogP) is 3.08. The molecule has 0 aliphatic carbocycles. The van der Waals surface area contributed by atoms with Crippen LogP contribution in [-0.2, 0) is 0 Å². The molecule has 96 valence electrons. The van der Waals surface area contributed by atoms with Gasteiger partial charge in [-0.1, -0.05) is 39.5 Å². The Labute approximate surface area is 102 Å². The van der Waals surface area contributed by atoms with Crippen molar-refractivity contribution in [3.63, 3.8) is 0 Å². The highest BCUT2D eigenvalue weighted by Gasteiger charge is 2.14. The normalized spacial score (nSPS) is 23.2. The van der Waals surface area contributed by atoms with E-state index in [1.807, 2.05) is 0 Å². The van der Waals surface area contributed by atoms with E-state index >= 15 is 0 Å². The summed E-state index contributed by atoms with van der Waals surface area (Å²) in [6.07, 6.45) is 10.8. The Bertz CT molecular complexity index is 153. The minimum Gasteiger partial charge on any atom is -0.313 e. The Morgan fingerprint density at radius 2 is 2.06 bits per heavy atom. The summed E-state index contributed by atoms with van der Waals surface area (Å²) in [5, 5.41) is 7.37. The van der Waals surface area contributed by atoms with Crippen molar-refractivity contribution in [3.05, 3.63) is 0 Å². The van der Waals surface area contributed by atoms with E-state index in [0.29, 0.717) is 0 Å². The van der Waals surface area contributed by atoms with Crippen LogP contribution in [0.25, 0.3) is 0 Å². The third-order valence-electron chi connectivity index (χ3n) is 3.61. The van der Waals surface area contributed by atoms with Gasteiger partial charge in [-0.3, -0.25) is 0 Å². The van der Waals surface area contributed by atoms with Gasteiger partial charge in [-0.2, -0.15) is 0 Å². The highest BCUT2D eigenvalue weighted by molar-refractivity contribution is 4.77. The van der Waals surface area contributed by atoms with Crippen LogP contribution >= 0.6 is 0 Å². The van der Waals surface area contributed by atoms with E-state index in [4.69, 9.17) is 0 Å². The lowest BCUT2D eigenvalue weighted by Gasteiger charge is -2.26. The number of hydrogen-bond donors (Lipinski definition) is 2. The Hall–Kier alpha value is -0.0800. The summed E-state index contributed by atoms with van der Waals surface area (Å²) in [5.74, 6) is 0. The minimum absolute atomic E-state index is 0.731. The monoisotopic (exact) mass is 226 g/mol. The van der Waals surface area contributed by atoms with Crippen LogP contribution < -0.4 is 10.6 Å². The van der Waals surface area contributed by atoms with Crippen molar-refractivity contribution in [1.29, 1.82) is 0 Å². The van der Waals surface area contributed by atoms with Crippen molar-refractivity contribution >= 4 is 0 Å². The van der Waals surface area contributed by atoms with Crippen molar-refractivity contribution in [1.82, 2.24) is 10.6 Å². The summed E-state index contributed by atoms with van der Waals surface area (Å²) in [6.45, 7) is 6.97. The standard InChI is InChI=1S/C14H30N2/c1-3-5-9-13(8-4-2)16-12-14-10-6-7-11-15-14/h13-16H,3-12H2,1-2H3. The average molecular weight is 226 g/mol. The van der Waals surface area contributed by atoms with Gasteiger partial charge in [0.15, 0.2) is 0 Å². The largest absolute Gasteiger partial charge is 0.313 e. The minimum atomic E-state index is 0.731. The van der Waals surface area contributed by atoms with E-state index in [0.717, 1.165) is 12.1 Å². The maximum absolute atomic E-state index is 3.76. The van der Waals surface area contributed by atoms with Gasteiger partial charge in [0.1, 0.15) is 0 Å². The molecule has 0 saturated carbocycles. The topological polar surface area (TPSA) is 24.1 Å². The lowest BCUT2D eigenvalue weighted by molar-refractivity contribution is 0.348. The Morgan fingerprint density at radius 3 is 2.69 bits per heavy atom. The van der Waals surface area contributed by atoms with Crippen molar-refractivity contribution in [2.75, 3.05) is 13.1 Å². The van der Waals surface area contributed by atoms with Gasteiger partial charge in [-0.05, 0) is 32.2 Å². The first-order valence-electron chi connectivity index (χ1n) is 7.33. The fourth-order valence-corrected chi connectivity index (χ4v) is 2.55. The Balaban J connectivity index is 2.14. The molecule has 0 spiro atoms. The highest BCUT2D eigenvalue weighted by Crippen LogP contribution is 2.09. The van der Waals surface area contributed by atoms with Gasteiger partial charge in [0.2, 0.25) is 0 Å². The van der Waals surface area contributed by atoms with Crippen LogP contribution in [0.3, 0.4) is 0 Å². The van der Waals surface area contributed by atoms with Crippen LogP contribution in [0.1, 0.15) is 65.2 Å². The van der Waals surface area contributed by atoms with E-state index in [1.165, 1.54) is 64.5 Å². The van der Waals surface area contributed by atoms with E-state index in [9.17, 15) is 0 Å². The third-order valence-corrected chi connectivity index (χ3v) is 3.61. The van der Waals surface area contributed by atoms with Crippen molar-refractivity contribution < 1.29 is 0 Å². The molecule has 2 heteroatoms. The lowest BCUT2D eigenvalue weighted by Crippen LogP contribution is -2.44. The fourth-order valence-electron chi connectivity index (χ4n) is 2.55. The molecule has 2 atom stereocenters. The Kier molecular flexibility index (Phi) is 7.87. The molecule has 0 aromatic heterocycles. The number of nitrogens with one attached hydrogen (secondary N) is 2. The summed E-state index contributed by atoms with van der Waals surface area (Å²) in [5.41, 5.74) is 0. The molecule has 2 unspecified atom stereocenters. The predicted molar refractivity (Wildman–Crippen MR) is 71.9 cm³/mol. The second-order valence-corrected chi connectivity index (χ2v) is 5.18. The summed E-state index contributed by atoms with van der Waals surface area (Å²) in [6, 6.07) is 1.49. The summed E-state index contributed by atoms with van der Waals surface area (Å²) in [7, 11) is 0. The van der Waals surface area contributed by atoms with Crippen LogP contribution in [0.5, 0.6) is 0 Å². The molecule has 1 heterocycles. The first kappa shape index (κ1) is 14.0. The molecule has 0 aromatic carbocycles. The molecular weight excluding hydrogens is 196 g/mol. The maximum atomic E-state index is 3.76. The number of piperidine rings is 1. The lowest BCUT2D eigenvalue weighted by atomic mass is 10.0. The van der Waals surface area contributed by atoms with Crippen LogP contribution in [0.15, 0.2) is 0 Å². The van der Waals surface area contributed by atoms with Gasteiger partial charge < -0.3 is 10.6 Å². The zero-order valence-corrected chi connectivity index (χ0v) is 11.2. The first-order chi connectivity index (χ1) is 7.86. The fraction of sp³-hybridized carbons (Fsp3) is 1.00. The van der Waals surface area contributed by atoms with Crippen LogP contribution in [0.4, 0.5) is 0 Å². The highest BCUT2D eigenvalue weighted by atomic mass is 15.0. The molecule has 1 rings (SSSR count). The van der Waals surface area contributed by atoms with Crippen molar-refractivity contribution in [2.24, 2.45) is 0 Å². The van der Waals surface area contributed by atoms with Gasteiger partial charge in [-0.25, -0.2) is 0 Å². The number of rotatable bonds is 8. The summed E-state index contributed by atoms with van der Waals surface area (Å²) < 4.78 is 0. The van der Waals surface area contributed by atoms with Crippen LogP contribution in [-0.4, -0.2) is 25.2 Å². The van der Waals surface area contributed by atoms with Crippen LogP contribution in [0, 0.1) is 0 Å². The molecule has 1 aliphatic heterocycles. The molecule has 0 amide bonds. The molecule has 1 aliphatic rings. The summed E-state index contributed by atoms with van der Waals surface area (Å²) >= 11 is 0. The third kappa shape index (κ3) is 5.86. The Morgan fingerprint density at radius 1 is 1.19 bits per heavy atom. The van der Waals surface area contributed by atoms with Crippen molar-refractivity contribution in [2.45, 2.75) is 77.3 Å². The maximum Gasteiger partial charge on any atom is 0.0192 e. The molecule has 1 fully saturated rings. The van der Waals surface area contributed by atoms with Gasteiger partial charge >= 0.3 is 0 Å². The van der Waals surface area contributed by atoms with E-state index in [1.54, 1.807) is 0 Å². The molecular formula is C14H30N2. The molecule has 1 saturated heterocycles. The molecule has 0 aromatic rings. The van der Waals surface area contributed by atoms with E-state index < -0.39 is 0 Å². The van der Waals surface area contributed by atoms with Gasteiger partial charge in [0, 0.05) is 18.6 Å². The zero-order chi connectivity index (χ0) is 11.6. The molecule has 0 radical (unpaired) electrons. The number of unbranched alkanes of at least 4 members (excludes halogenated alkanes) is 1. The van der Waals surface area contributed by atoms with E-state index in [-0.39, 0.29) is 0 Å². The molecule has 16 heavy (non-hydrogen) atoms. The quantitative estimate of drug-likeness (QED) is 0.664. The SMILES string of the molecule is CCCCC(CCC)NCC1CCCCN1. The second-order valence-electron chi connectivity index (χ2n) is 5.18. The smallest absolute Gasteiger partial charge is 0.0192 e. The van der Waals surface area contributed by atoms with Gasteiger partial charge in [0.25, 0.3) is 0 Å². The number of hydrogen-bond acceptors (Lipinski definition) is 2. The van der Waals surface area contributed by atoms with Crippen molar-refractivity contribution in [3.8, 4) is 0 Å².